The van der Waals surface area contributed by atoms with Crippen LogP contribution in [0.1, 0.15) is 12.5 Å². The van der Waals surface area contributed by atoms with E-state index in [9.17, 15) is 13.2 Å². The Kier molecular flexibility index (Phi) is 2.82. The summed E-state index contributed by atoms with van der Waals surface area (Å²) in [5, 5.41) is 11.7. The van der Waals surface area contributed by atoms with Crippen LogP contribution in [-0.2, 0) is 21.1 Å². The summed E-state index contributed by atoms with van der Waals surface area (Å²) < 4.78 is 23.9. The van der Waals surface area contributed by atoms with Crippen molar-refractivity contribution in [2.24, 2.45) is 0 Å². The number of para-hydroxylation sites is 1. The number of benzene rings is 1. The maximum absolute atomic E-state index is 12.0. The van der Waals surface area contributed by atoms with E-state index in [4.69, 9.17) is 5.11 Å². The maximum atomic E-state index is 12.0. The zero-order valence-corrected chi connectivity index (χ0v) is 10.1. The number of aliphatic carboxylic acids is 1. The summed E-state index contributed by atoms with van der Waals surface area (Å²) in [4.78, 5) is 11.1. The second kappa shape index (κ2) is 4.03. The summed E-state index contributed by atoms with van der Waals surface area (Å²) >= 11 is 0. The zero-order chi connectivity index (χ0) is 12.6. The van der Waals surface area contributed by atoms with Crippen LogP contribution in [0.4, 0.5) is 5.69 Å². The van der Waals surface area contributed by atoms with Gasteiger partial charge in [-0.1, -0.05) is 19.1 Å². The molecule has 1 heterocycles. The molecule has 0 amide bonds. The lowest BCUT2D eigenvalue weighted by Gasteiger charge is -2.25. The Hall–Kier alpha value is -1.56. The summed E-state index contributed by atoms with van der Waals surface area (Å²) in [5.41, 5.74) is 1.26. The summed E-state index contributed by atoms with van der Waals surface area (Å²) in [6.45, 7) is 1.90. The number of anilines is 1. The van der Waals surface area contributed by atoms with Crippen LogP contribution < -0.4 is 5.32 Å². The van der Waals surface area contributed by atoms with E-state index in [1.807, 2.05) is 6.92 Å². The molecule has 0 fully saturated rings. The van der Waals surface area contributed by atoms with Crippen LogP contribution in [0.25, 0.3) is 0 Å². The Morgan fingerprint density at radius 3 is 2.82 bits per heavy atom. The van der Waals surface area contributed by atoms with Crippen molar-refractivity contribution in [2.45, 2.75) is 24.3 Å². The maximum Gasteiger partial charge on any atom is 0.327 e. The Morgan fingerprint density at radius 1 is 1.53 bits per heavy atom. The minimum Gasteiger partial charge on any atom is -0.480 e. The Balaban J connectivity index is 2.61. The molecule has 0 radical (unpaired) electrons. The molecule has 2 rings (SSSR count). The molecule has 0 spiro atoms. The van der Waals surface area contributed by atoms with Gasteiger partial charge in [-0.25, -0.2) is 13.2 Å². The Labute approximate surface area is 99.4 Å². The van der Waals surface area contributed by atoms with Gasteiger partial charge in [-0.3, -0.25) is 0 Å². The zero-order valence-electron chi connectivity index (χ0n) is 9.30. The Bertz CT molecular complexity index is 565. The van der Waals surface area contributed by atoms with Crippen molar-refractivity contribution in [1.82, 2.24) is 0 Å². The largest absolute Gasteiger partial charge is 0.480 e. The van der Waals surface area contributed by atoms with Crippen molar-refractivity contribution in [3.05, 3.63) is 23.8 Å². The lowest BCUT2D eigenvalue weighted by atomic mass is 10.1. The van der Waals surface area contributed by atoms with Gasteiger partial charge in [0.2, 0.25) is 0 Å². The van der Waals surface area contributed by atoms with Crippen molar-refractivity contribution >= 4 is 21.5 Å². The van der Waals surface area contributed by atoms with Gasteiger partial charge in [-0.2, -0.15) is 0 Å². The van der Waals surface area contributed by atoms with Crippen LogP contribution >= 0.6 is 0 Å². The predicted molar refractivity (Wildman–Crippen MR) is 62.9 cm³/mol. The number of fused-ring (bicyclic) bond motifs is 1. The summed E-state index contributed by atoms with van der Waals surface area (Å²) in [7, 11) is -3.51. The van der Waals surface area contributed by atoms with Gasteiger partial charge in [-0.15, -0.1) is 0 Å². The molecule has 0 saturated heterocycles. The lowest BCUT2D eigenvalue weighted by molar-refractivity contribution is -0.137. The van der Waals surface area contributed by atoms with Crippen LogP contribution in [-0.4, -0.2) is 31.3 Å². The molecule has 0 aliphatic carbocycles. The molecule has 17 heavy (non-hydrogen) atoms. The van der Waals surface area contributed by atoms with Crippen molar-refractivity contribution in [2.75, 3.05) is 11.1 Å². The number of sulfone groups is 1. The van der Waals surface area contributed by atoms with Crippen molar-refractivity contribution in [3.8, 4) is 0 Å². The fourth-order valence-corrected chi connectivity index (χ4v) is 3.58. The van der Waals surface area contributed by atoms with Crippen LogP contribution in [0.5, 0.6) is 0 Å². The third-order valence-electron chi connectivity index (χ3n) is 2.83. The normalized spacial score (nSPS) is 21.4. The van der Waals surface area contributed by atoms with Crippen LogP contribution in [0.15, 0.2) is 23.1 Å². The number of rotatable bonds is 2. The first kappa shape index (κ1) is 11.9. The number of nitrogens with one attached hydrogen (secondary N) is 1. The van der Waals surface area contributed by atoms with Crippen molar-refractivity contribution < 1.29 is 18.3 Å². The predicted octanol–water partition coefficient (Wildman–Crippen LogP) is 0.901. The van der Waals surface area contributed by atoms with Gasteiger partial charge in [0.05, 0.1) is 16.3 Å². The molecule has 1 aliphatic rings. The number of aryl methyl sites for hydroxylation is 1. The molecule has 0 saturated carbocycles. The summed E-state index contributed by atoms with van der Waals surface area (Å²) in [6, 6.07) is 3.92. The molecule has 1 atom stereocenters. The fourth-order valence-electron chi connectivity index (χ4n) is 1.95. The topological polar surface area (TPSA) is 83.5 Å². The van der Waals surface area contributed by atoms with E-state index in [0.29, 0.717) is 12.1 Å². The third kappa shape index (κ3) is 2.00. The second-order valence-corrected chi connectivity index (χ2v) is 5.96. The summed E-state index contributed by atoms with van der Waals surface area (Å²) in [5.74, 6) is -1.55. The molecule has 1 unspecified atom stereocenters. The minimum atomic E-state index is -3.51. The van der Waals surface area contributed by atoms with E-state index in [1.54, 1.807) is 12.1 Å². The van der Waals surface area contributed by atoms with E-state index in [2.05, 4.69) is 5.32 Å². The first-order chi connectivity index (χ1) is 7.95. The smallest absolute Gasteiger partial charge is 0.327 e. The van der Waals surface area contributed by atoms with E-state index in [-0.39, 0.29) is 4.90 Å². The molecular weight excluding hydrogens is 242 g/mol. The SMILES string of the molecule is CCc1cccc2c1NC(C(=O)O)CS2(=O)=O. The third-order valence-corrected chi connectivity index (χ3v) is 4.61. The number of carboxylic acids is 1. The average Bonchev–Trinajstić information content (AvgIpc) is 2.27. The quantitative estimate of drug-likeness (QED) is 0.820. The van der Waals surface area contributed by atoms with Crippen LogP contribution in [0.2, 0.25) is 0 Å². The number of carbonyl (C=O) groups is 1. The lowest BCUT2D eigenvalue weighted by Crippen LogP contribution is -2.40. The van der Waals surface area contributed by atoms with Gasteiger partial charge in [0.1, 0.15) is 6.04 Å². The summed E-state index contributed by atoms with van der Waals surface area (Å²) in [6.07, 6.45) is 0.651. The highest BCUT2D eigenvalue weighted by molar-refractivity contribution is 7.91. The molecule has 0 aromatic heterocycles. The number of carboxylic acid groups (broad SMARTS) is 1. The van der Waals surface area contributed by atoms with Crippen LogP contribution in [0.3, 0.4) is 0 Å². The molecule has 92 valence electrons. The second-order valence-electron chi connectivity index (χ2n) is 3.96. The number of hydrogen-bond acceptors (Lipinski definition) is 4. The van der Waals surface area contributed by atoms with Gasteiger partial charge in [0, 0.05) is 0 Å². The molecule has 2 N–H and O–H groups in total. The molecule has 1 aromatic carbocycles. The highest BCUT2D eigenvalue weighted by Gasteiger charge is 2.34. The highest BCUT2D eigenvalue weighted by atomic mass is 32.2. The molecule has 5 nitrogen and oxygen atoms in total. The van der Waals surface area contributed by atoms with Gasteiger partial charge in [0.15, 0.2) is 9.84 Å². The standard InChI is InChI=1S/C11H13NO4S/c1-2-7-4-3-5-9-10(7)12-8(11(13)14)6-17(9,15)16/h3-5,8,12H,2,6H2,1H3,(H,13,14). The minimum absolute atomic E-state index is 0.203. The molecule has 1 aliphatic heterocycles. The van der Waals surface area contributed by atoms with Gasteiger partial charge in [0.25, 0.3) is 0 Å². The highest BCUT2D eigenvalue weighted by Crippen LogP contribution is 2.31. The van der Waals surface area contributed by atoms with E-state index in [0.717, 1.165) is 5.56 Å². The fraction of sp³-hybridized carbons (Fsp3) is 0.364. The van der Waals surface area contributed by atoms with Gasteiger partial charge < -0.3 is 10.4 Å². The van der Waals surface area contributed by atoms with Crippen molar-refractivity contribution in [3.63, 3.8) is 0 Å². The Morgan fingerprint density at radius 2 is 2.24 bits per heavy atom. The van der Waals surface area contributed by atoms with Gasteiger partial charge in [-0.05, 0) is 18.1 Å². The number of hydrogen-bond donors (Lipinski definition) is 2. The molecule has 6 heteroatoms. The average molecular weight is 255 g/mol. The van der Waals surface area contributed by atoms with Crippen LogP contribution in [0, 0.1) is 0 Å². The molecular formula is C11H13NO4S. The van der Waals surface area contributed by atoms with Crippen molar-refractivity contribution in [1.29, 1.82) is 0 Å². The van der Waals surface area contributed by atoms with E-state index in [1.165, 1.54) is 6.07 Å². The molecule has 1 aromatic rings. The molecule has 0 bridgehead atoms. The first-order valence-electron chi connectivity index (χ1n) is 5.29. The van der Waals surface area contributed by atoms with Gasteiger partial charge >= 0.3 is 5.97 Å². The van der Waals surface area contributed by atoms with E-state index < -0.39 is 27.6 Å². The first-order valence-corrected chi connectivity index (χ1v) is 6.95. The monoisotopic (exact) mass is 255 g/mol. The van der Waals surface area contributed by atoms with E-state index >= 15 is 0 Å².